The number of aryl methyl sites for hydroxylation is 4. The summed E-state index contributed by atoms with van der Waals surface area (Å²) >= 11 is 0. The fourth-order valence-electron chi connectivity index (χ4n) is 4.06. The van der Waals surface area contributed by atoms with Gasteiger partial charge in [0.15, 0.2) is 0 Å². The van der Waals surface area contributed by atoms with Crippen LogP contribution in [-0.2, 0) is 36.8 Å². The molecule has 0 fully saturated rings. The molecule has 4 rings (SSSR count). The van der Waals surface area contributed by atoms with Crippen molar-refractivity contribution in [2.24, 2.45) is 0 Å². The Balaban J connectivity index is 1.41. The van der Waals surface area contributed by atoms with Crippen LogP contribution in [-0.4, -0.2) is 18.7 Å². The van der Waals surface area contributed by atoms with Gasteiger partial charge in [-0.2, -0.15) is 5.26 Å². The molecule has 0 spiro atoms. The van der Waals surface area contributed by atoms with Crippen molar-refractivity contribution in [3.8, 4) is 6.07 Å². The van der Waals surface area contributed by atoms with Crippen molar-refractivity contribution >= 4 is 10.8 Å². The van der Waals surface area contributed by atoms with Crippen LogP contribution in [0.4, 0.5) is 8.78 Å². The van der Waals surface area contributed by atoms with Gasteiger partial charge in [0.25, 0.3) is 0 Å². The summed E-state index contributed by atoms with van der Waals surface area (Å²) in [6.07, 6.45) is 5.36. The van der Waals surface area contributed by atoms with E-state index in [1.54, 1.807) is 13.2 Å². The Bertz CT molecular complexity index is 1330. The number of ether oxygens (including phenoxy) is 1. The van der Waals surface area contributed by atoms with E-state index in [1.165, 1.54) is 12.1 Å². The second kappa shape index (κ2) is 11.0. The molecule has 0 radical (unpaired) electrons. The van der Waals surface area contributed by atoms with Crippen LogP contribution in [0.5, 0.6) is 0 Å². The SMILES string of the molecule is COCCc1ccc(CCc2ccc3c(F)c(CCc4ccc(C#N)c(F)c4)ccc3c2)nc1. The van der Waals surface area contributed by atoms with Crippen LogP contribution in [0.3, 0.4) is 0 Å². The maximum absolute atomic E-state index is 15.1. The van der Waals surface area contributed by atoms with Crippen molar-refractivity contribution < 1.29 is 13.5 Å². The number of aromatic nitrogens is 1. The van der Waals surface area contributed by atoms with Crippen molar-refractivity contribution in [3.05, 3.63) is 112 Å². The molecule has 172 valence electrons. The van der Waals surface area contributed by atoms with E-state index in [2.05, 4.69) is 17.1 Å². The van der Waals surface area contributed by atoms with Crippen LogP contribution in [0.1, 0.15) is 33.5 Å². The third kappa shape index (κ3) is 5.65. The van der Waals surface area contributed by atoms with Crippen LogP contribution in [0.15, 0.2) is 66.9 Å². The van der Waals surface area contributed by atoms with Crippen LogP contribution >= 0.6 is 0 Å². The molecule has 0 bridgehead atoms. The molecular formula is C29H26F2N2O. The zero-order valence-corrected chi connectivity index (χ0v) is 19.2. The highest BCUT2D eigenvalue weighted by atomic mass is 19.1. The fraction of sp³-hybridized carbons (Fsp3) is 0.241. The van der Waals surface area contributed by atoms with E-state index >= 15 is 4.39 Å². The number of methoxy groups -OCH3 is 1. The third-order valence-electron chi connectivity index (χ3n) is 6.09. The van der Waals surface area contributed by atoms with Gasteiger partial charge in [0.2, 0.25) is 0 Å². The van der Waals surface area contributed by atoms with Gasteiger partial charge < -0.3 is 4.74 Å². The zero-order valence-electron chi connectivity index (χ0n) is 19.2. The molecule has 4 aromatic rings. The van der Waals surface area contributed by atoms with Crippen molar-refractivity contribution in [2.75, 3.05) is 13.7 Å². The summed E-state index contributed by atoms with van der Waals surface area (Å²) < 4.78 is 34.1. The number of benzene rings is 3. The van der Waals surface area contributed by atoms with Gasteiger partial charge in [-0.25, -0.2) is 8.78 Å². The van der Waals surface area contributed by atoms with Crippen molar-refractivity contribution in [1.82, 2.24) is 4.98 Å². The summed E-state index contributed by atoms with van der Waals surface area (Å²) in [5.74, 6) is -0.768. The monoisotopic (exact) mass is 456 g/mol. The molecule has 0 saturated carbocycles. The van der Waals surface area contributed by atoms with Gasteiger partial charge in [-0.3, -0.25) is 4.98 Å². The molecule has 1 aromatic heterocycles. The average molecular weight is 457 g/mol. The quantitative estimate of drug-likeness (QED) is 0.304. The normalized spacial score (nSPS) is 11.0. The van der Waals surface area contributed by atoms with Gasteiger partial charge in [-0.15, -0.1) is 0 Å². The van der Waals surface area contributed by atoms with Gasteiger partial charge in [0, 0.05) is 24.4 Å². The van der Waals surface area contributed by atoms with Crippen LogP contribution in [0, 0.1) is 23.0 Å². The molecule has 0 N–H and O–H groups in total. The predicted octanol–water partition coefficient (Wildman–Crippen LogP) is 6.14. The minimum absolute atomic E-state index is 0.0197. The molecule has 0 saturated heterocycles. The van der Waals surface area contributed by atoms with E-state index in [0.29, 0.717) is 30.4 Å². The fourth-order valence-corrected chi connectivity index (χ4v) is 4.06. The lowest BCUT2D eigenvalue weighted by Crippen LogP contribution is -1.99. The first kappa shape index (κ1) is 23.5. The van der Waals surface area contributed by atoms with E-state index in [4.69, 9.17) is 10.00 Å². The molecule has 3 aromatic carbocycles. The number of hydrogen-bond acceptors (Lipinski definition) is 3. The number of nitriles is 1. The lowest BCUT2D eigenvalue weighted by Gasteiger charge is -2.09. The first-order chi connectivity index (χ1) is 16.6. The highest BCUT2D eigenvalue weighted by Crippen LogP contribution is 2.24. The molecule has 3 nitrogen and oxygen atoms in total. The topological polar surface area (TPSA) is 45.9 Å². The predicted molar refractivity (Wildman–Crippen MR) is 130 cm³/mol. The van der Waals surface area contributed by atoms with E-state index < -0.39 is 5.82 Å². The number of pyridine rings is 1. The molecule has 0 unspecified atom stereocenters. The summed E-state index contributed by atoms with van der Waals surface area (Å²) in [6, 6.07) is 20.1. The number of hydrogen-bond donors (Lipinski definition) is 0. The minimum atomic E-state index is -0.538. The Morgan fingerprint density at radius 1 is 0.824 bits per heavy atom. The van der Waals surface area contributed by atoms with Gasteiger partial charge in [0.1, 0.15) is 17.7 Å². The highest BCUT2D eigenvalue weighted by molar-refractivity contribution is 5.84. The highest BCUT2D eigenvalue weighted by Gasteiger charge is 2.10. The first-order valence-electron chi connectivity index (χ1n) is 11.4. The molecule has 0 aliphatic heterocycles. The van der Waals surface area contributed by atoms with Crippen molar-refractivity contribution in [1.29, 1.82) is 5.26 Å². The molecule has 0 aliphatic rings. The molecular weight excluding hydrogens is 430 g/mol. The average Bonchev–Trinajstić information content (AvgIpc) is 2.86. The molecule has 34 heavy (non-hydrogen) atoms. The Labute approximate surface area is 198 Å². The minimum Gasteiger partial charge on any atom is -0.384 e. The van der Waals surface area contributed by atoms with Gasteiger partial charge >= 0.3 is 0 Å². The van der Waals surface area contributed by atoms with E-state index in [1.807, 2.05) is 42.6 Å². The summed E-state index contributed by atoms with van der Waals surface area (Å²) in [7, 11) is 1.69. The number of fused-ring (bicyclic) bond motifs is 1. The molecule has 0 atom stereocenters. The van der Waals surface area contributed by atoms with Crippen molar-refractivity contribution in [2.45, 2.75) is 32.1 Å². The Morgan fingerprint density at radius 3 is 2.32 bits per heavy atom. The van der Waals surface area contributed by atoms with Gasteiger partial charge in [-0.05, 0) is 77.9 Å². The van der Waals surface area contributed by atoms with Crippen molar-refractivity contribution in [3.63, 3.8) is 0 Å². The summed E-state index contributed by atoms with van der Waals surface area (Å²) in [5.41, 5.74) is 4.69. The van der Waals surface area contributed by atoms with E-state index in [9.17, 15) is 4.39 Å². The third-order valence-corrected chi connectivity index (χ3v) is 6.09. The Hall–Kier alpha value is -3.62. The maximum atomic E-state index is 15.1. The summed E-state index contributed by atoms with van der Waals surface area (Å²) in [6.45, 7) is 0.685. The number of nitrogens with zero attached hydrogens (tertiary/aromatic N) is 2. The molecule has 0 aliphatic carbocycles. The number of halogens is 2. The Morgan fingerprint density at radius 2 is 1.59 bits per heavy atom. The van der Waals surface area contributed by atoms with E-state index in [0.717, 1.165) is 47.0 Å². The second-order valence-electron chi connectivity index (χ2n) is 8.42. The van der Waals surface area contributed by atoms with Crippen LogP contribution < -0.4 is 0 Å². The van der Waals surface area contributed by atoms with Crippen LogP contribution in [0.25, 0.3) is 10.8 Å². The van der Waals surface area contributed by atoms with Crippen LogP contribution in [0.2, 0.25) is 0 Å². The first-order valence-corrected chi connectivity index (χ1v) is 11.4. The number of rotatable bonds is 9. The summed E-state index contributed by atoms with van der Waals surface area (Å²) in [4.78, 5) is 4.54. The van der Waals surface area contributed by atoms with Gasteiger partial charge in [-0.1, -0.05) is 42.5 Å². The molecule has 1 heterocycles. The van der Waals surface area contributed by atoms with E-state index in [-0.39, 0.29) is 11.4 Å². The Kier molecular flexibility index (Phi) is 7.61. The lowest BCUT2D eigenvalue weighted by molar-refractivity contribution is 0.202. The largest absolute Gasteiger partial charge is 0.384 e. The zero-order chi connectivity index (χ0) is 23.9. The standard InChI is InChI=1S/C29H26F2N2O/c1-34-15-14-22-5-12-26(33-19-22)11-4-20-6-13-27-24(16-20)10-9-23(29(27)31)7-2-21-3-8-25(18-32)28(30)17-21/h3,5-6,8-10,12-13,16-17,19H,2,4,7,11,14-15H2,1H3. The van der Waals surface area contributed by atoms with Gasteiger partial charge in [0.05, 0.1) is 12.2 Å². The molecule has 5 heteroatoms. The second-order valence-corrected chi connectivity index (χ2v) is 8.42. The summed E-state index contributed by atoms with van der Waals surface area (Å²) in [5, 5.41) is 10.3. The maximum Gasteiger partial charge on any atom is 0.141 e. The lowest BCUT2D eigenvalue weighted by atomic mass is 9.97. The smallest absolute Gasteiger partial charge is 0.141 e. The molecule has 0 amide bonds.